The highest BCUT2D eigenvalue weighted by molar-refractivity contribution is 9.10. The van der Waals surface area contributed by atoms with Crippen molar-refractivity contribution in [3.8, 4) is 0 Å². The molecule has 25 heavy (non-hydrogen) atoms. The Morgan fingerprint density at radius 1 is 1.16 bits per heavy atom. The third kappa shape index (κ3) is 3.24. The summed E-state index contributed by atoms with van der Waals surface area (Å²) in [6.07, 6.45) is 2.01. The summed E-state index contributed by atoms with van der Waals surface area (Å²) in [5, 5.41) is 0. The minimum Gasteiger partial charge on any atom is -0.309 e. The van der Waals surface area contributed by atoms with E-state index in [9.17, 15) is 9.59 Å². The summed E-state index contributed by atoms with van der Waals surface area (Å²) < 4.78 is 4.99. The van der Waals surface area contributed by atoms with Gasteiger partial charge in [-0.2, -0.15) is 0 Å². The SMILES string of the molecule is CC(C)=CCn1c(Br)nc2c1c(=O)n(Cc1ccccc1)c(=O)n2C. The zero-order valence-electron chi connectivity index (χ0n) is 14.4. The summed E-state index contributed by atoms with van der Waals surface area (Å²) in [6, 6.07) is 9.47. The molecule has 0 aliphatic heterocycles. The zero-order chi connectivity index (χ0) is 18.1. The molecule has 2 heterocycles. The second kappa shape index (κ2) is 6.84. The van der Waals surface area contributed by atoms with Crippen molar-refractivity contribution < 1.29 is 0 Å². The Bertz CT molecular complexity index is 1070. The molecule has 6 nitrogen and oxygen atoms in total. The lowest BCUT2D eigenvalue weighted by molar-refractivity contribution is 0.653. The van der Waals surface area contributed by atoms with Crippen molar-refractivity contribution in [2.75, 3.05) is 0 Å². The third-order valence-corrected chi connectivity index (χ3v) is 4.66. The van der Waals surface area contributed by atoms with E-state index in [2.05, 4.69) is 20.9 Å². The fraction of sp³-hybridized carbons (Fsp3) is 0.278. The molecule has 0 N–H and O–H groups in total. The molecule has 0 saturated heterocycles. The standard InChI is InChI=1S/C18H19BrN4O2/c1-12(2)9-10-22-14-15(20-17(22)19)21(3)18(25)23(16(14)24)11-13-7-5-4-6-8-13/h4-9H,10-11H2,1-3H3. The van der Waals surface area contributed by atoms with Crippen LogP contribution >= 0.6 is 15.9 Å². The first kappa shape index (κ1) is 17.4. The molecule has 3 aromatic rings. The molecule has 1 aromatic carbocycles. The van der Waals surface area contributed by atoms with Crippen LogP contribution in [0.3, 0.4) is 0 Å². The summed E-state index contributed by atoms with van der Waals surface area (Å²) in [6.45, 7) is 4.73. The highest BCUT2D eigenvalue weighted by Gasteiger charge is 2.18. The van der Waals surface area contributed by atoms with Gasteiger partial charge in [-0.05, 0) is 35.3 Å². The van der Waals surface area contributed by atoms with E-state index in [0.29, 0.717) is 22.4 Å². The monoisotopic (exact) mass is 402 g/mol. The number of aromatic nitrogens is 4. The van der Waals surface area contributed by atoms with Gasteiger partial charge in [0.1, 0.15) is 0 Å². The molecular weight excluding hydrogens is 384 g/mol. The number of fused-ring (bicyclic) bond motifs is 1. The molecule has 0 aliphatic rings. The lowest BCUT2D eigenvalue weighted by Gasteiger charge is -2.09. The minimum absolute atomic E-state index is 0.230. The lowest BCUT2D eigenvalue weighted by Crippen LogP contribution is -2.39. The van der Waals surface area contributed by atoms with E-state index in [4.69, 9.17) is 0 Å². The van der Waals surface area contributed by atoms with Gasteiger partial charge in [-0.25, -0.2) is 9.78 Å². The molecule has 0 unspecified atom stereocenters. The van der Waals surface area contributed by atoms with Crippen LogP contribution in [0.1, 0.15) is 19.4 Å². The molecule has 0 radical (unpaired) electrons. The Balaban J connectivity index is 2.25. The molecule has 0 fully saturated rings. The number of imidazole rings is 1. The van der Waals surface area contributed by atoms with E-state index in [1.165, 1.54) is 9.13 Å². The van der Waals surface area contributed by atoms with Crippen molar-refractivity contribution in [3.63, 3.8) is 0 Å². The number of benzene rings is 1. The van der Waals surface area contributed by atoms with Crippen LogP contribution in [0.4, 0.5) is 0 Å². The summed E-state index contributed by atoms with van der Waals surface area (Å²) >= 11 is 3.40. The molecule has 3 rings (SSSR count). The van der Waals surface area contributed by atoms with Gasteiger partial charge < -0.3 is 4.57 Å². The molecule has 7 heteroatoms. The normalized spacial score (nSPS) is 11.0. The van der Waals surface area contributed by atoms with E-state index in [1.54, 1.807) is 11.6 Å². The molecule has 2 aromatic heterocycles. The molecule has 0 atom stereocenters. The average molecular weight is 403 g/mol. The highest BCUT2D eigenvalue weighted by atomic mass is 79.9. The summed E-state index contributed by atoms with van der Waals surface area (Å²) in [4.78, 5) is 30.0. The highest BCUT2D eigenvalue weighted by Crippen LogP contribution is 2.16. The van der Waals surface area contributed by atoms with Crippen molar-refractivity contribution in [1.29, 1.82) is 0 Å². The lowest BCUT2D eigenvalue weighted by atomic mass is 10.2. The van der Waals surface area contributed by atoms with Crippen LogP contribution in [0.2, 0.25) is 0 Å². The number of hydrogen-bond acceptors (Lipinski definition) is 3. The van der Waals surface area contributed by atoms with Crippen LogP contribution in [0.15, 0.2) is 56.3 Å². The Morgan fingerprint density at radius 2 is 1.84 bits per heavy atom. The molecule has 0 spiro atoms. The summed E-state index contributed by atoms with van der Waals surface area (Å²) in [5.74, 6) is 0. The minimum atomic E-state index is -0.374. The second-order valence-corrected chi connectivity index (χ2v) is 6.87. The van der Waals surface area contributed by atoms with Gasteiger partial charge in [-0.1, -0.05) is 42.0 Å². The van der Waals surface area contributed by atoms with Crippen LogP contribution in [-0.2, 0) is 20.1 Å². The van der Waals surface area contributed by atoms with Crippen LogP contribution in [0.5, 0.6) is 0 Å². The maximum absolute atomic E-state index is 13.0. The van der Waals surface area contributed by atoms with Crippen LogP contribution < -0.4 is 11.2 Å². The Kier molecular flexibility index (Phi) is 4.76. The molecule has 0 saturated carbocycles. The predicted octanol–water partition coefficient (Wildman–Crippen LogP) is 2.67. The van der Waals surface area contributed by atoms with E-state index in [-0.39, 0.29) is 17.8 Å². The second-order valence-electron chi connectivity index (χ2n) is 6.16. The van der Waals surface area contributed by atoms with Crippen molar-refractivity contribution >= 4 is 27.1 Å². The first-order valence-electron chi connectivity index (χ1n) is 7.93. The number of rotatable bonds is 4. The van der Waals surface area contributed by atoms with Crippen molar-refractivity contribution in [1.82, 2.24) is 18.7 Å². The van der Waals surface area contributed by atoms with E-state index >= 15 is 0 Å². The van der Waals surface area contributed by atoms with Gasteiger partial charge in [0, 0.05) is 13.6 Å². The number of hydrogen-bond donors (Lipinski definition) is 0. The Hall–Kier alpha value is -2.41. The van der Waals surface area contributed by atoms with E-state index < -0.39 is 0 Å². The van der Waals surface area contributed by atoms with Crippen molar-refractivity contribution in [2.45, 2.75) is 26.9 Å². The Labute approximate surface area is 153 Å². The first-order valence-corrected chi connectivity index (χ1v) is 8.72. The first-order chi connectivity index (χ1) is 11.9. The third-order valence-electron chi connectivity index (χ3n) is 4.05. The van der Waals surface area contributed by atoms with Gasteiger partial charge in [0.25, 0.3) is 5.56 Å². The number of aryl methyl sites for hydroxylation is 1. The van der Waals surface area contributed by atoms with Crippen LogP contribution in [0.25, 0.3) is 11.2 Å². The van der Waals surface area contributed by atoms with Crippen LogP contribution in [-0.4, -0.2) is 18.7 Å². The molecular formula is C18H19BrN4O2. The quantitative estimate of drug-likeness (QED) is 0.497. The number of nitrogens with zero attached hydrogens (tertiary/aromatic N) is 4. The average Bonchev–Trinajstić information content (AvgIpc) is 2.92. The molecule has 0 bridgehead atoms. The maximum atomic E-state index is 13.0. The molecule has 130 valence electrons. The van der Waals surface area contributed by atoms with Gasteiger partial charge in [0.05, 0.1) is 6.54 Å². The molecule has 0 aliphatic carbocycles. The predicted molar refractivity (Wildman–Crippen MR) is 102 cm³/mol. The molecule has 0 amide bonds. The van der Waals surface area contributed by atoms with Gasteiger partial charge >= 0.3 is 5.69 Å². The maximum Gasteiger partial charge on any atom is 0.332 e. The van der Waals surface area contributed by atoms with E-state index in [0.717, 1.165) is 11.1 Å². The van der Waals surface area contributed by atoms with Crippen molar-refractivity contribution in [2.24, 2.45) is 7.05 Å². The fourth-order valence-corrected chi connectivity index (χ4v) is 3.18. The van der Waals surface area contributed by atoms with Crippen LogP contribution in [0, 0.1) is 0 Å². The van der Waals surface area contributed by atoms with Gasteiger partial charge in [0.2, 0.25) is 0 Å². The smallest absolute Gasteiger partial charge is 0.309 e. The summed E-state index contributed by atoms with van der Waals surface area (Å²) in [5.41, 5.74) is 2.14. The van der Waals surface area contributed by atoms with Gasteiger partial charge in [0.15, 0.2) is 15.9 Å². The number of halogens is 1. The van der Waals surface area contributed by atoms with Gasteiger partial charge in [-0.15, -0.1) is 0 Å². The van der Waals surface area contributed by atoms with E-state index in [1.807, 2.05) is 50.3 Å². The topological polar surface area (TPSA) is 61.8 Å². The van der Waals surface area contributed by atoms with Crippen molar-refractivity contribution in [3.05, 3.63) is 73.1 Å². The largest absolute Gasteiger partial charge is 0.332 e. The Morgan fingerprint density at radius 3 is 2.48 bits per heavy atom. The summed E-state index contributed by atoms with van der Waals surface area (Å²) in [7, 11) is 1.64. The van der Waals surface area contributed by atoms with Gasteiger partial charge in [-0.3, -0.25) is 13.9 Å². The fourth-order valence-electron chi connectivity index (χ4n) is 2.69. The number of allylic oxidation sites excluding steroid dienone is 2. The zero-order valence-corrected chi connectivity index (χ0v) is 15.9.